The first-order valence-electron chi connectivity index (χ1n) is 9.32. The Kier molecular flexibility index (Phi) is 3.63. The molecule has 0 bridgehead atoms. The van der Waals surface area contributed by atoms with E-state index < -0.39 is 5.41 Å². The number of carbonyl (C=O) groups is 2. The molecular weight excluding hydrogens is 350 g/mol. The molecule has 0 unspecified atom stereocenters. The van der Waals surface area contributed by atoms with Gasteiger partial charge >= 0.3 is 0 Å². The van der Waals surface area contributed by atoms with Crippen molar-refractivity contribution in [2.45, 2.75) is 5.41 Å². The molecule has 1 saturated carbocycles. The van der Waals surface area contributed by atoms with Crippen LogP contribution in [0.1, 0.15) is 11.1 Å². The van der Waals surface area contributed by atoms with Crippen molar-refractivity contribution in [3.05, 3.63) is 96.1 Å². The molecule has 0 N–H and O–H groups in total. The van der Waals surface area contributed by atoms with Gasteiger partial charge in [0.25, 0.3) is 0 Å². The predicted octanol–water partition coefficient (Wildman–Crippen LogP) is 3.80. The molecule has 4 nitrogen and oxygen atoms in total. The number of anilines is 1. The second kappa shape index (κ2) is 6.06. The molecule has 1 heterocycles. The first-order chi connectivity index (χ1) is 13.7. The molecule has 5 rings (SSSR count). The Morgan fingerprint density at radius 1 is 0.714 bits per heavy atom. The molecule has 2 aliphatic rings. The molecule has 2 atom stereocenters. The van der Waals surface area contributed by atoms with Crippen molar-refractivity contribution in [2.75, 3.05) is 12.0 Å². The molecule has 2 amide bonds. The Morgan fingerprint density at radius 2 is 1.18 bits per heavy atom. The van der Waals surface area contributed by atoms with Crippen molar-refractivity contribution in [1.82, 2.24) is 0 Å². The first kappa shape index (κ1) is 16.8. The lowest BCUT2D eigenvalue weighted by Gasteiger charge is -2.26. The van der Waals surface area contributed by atoms with Gasteiger partial charge in [0, 0.05) is 5.41 Å². The first-order valence-corrected chi connectivity index (χ1v) is 9.32. The minimum atomic E-state index is -0.570. The van der Waals surface area contributed by atoms with Gasteiger partial charge in [-0.1, -0.05) is 60.7 Å². The summed E-state index contributed by atoms with van der Waals surface area (Å²) in [4.78, 5) is 28.0. The highest BCUT2D eigenvalue weighted by Crippen LogP contribution is 2.68. The fourth-order valence-corrected chi connectivity index (χ4v) is 4.75. The van der Waals surface area contributed by atoms with Crippen LogP contribution in [-0.2, 0) is 15.0 Å². The van der Waals surface area contributed by atoms with Gasteiger partial charge in [-0.05, 0) is 35.4 Å². The lowest BCUT2D eigenvalue weighted by Crippen LogP contribution is -2.39. The molecule has 28 heavy (non-hydrogen) atoms. The van der Waals surface area contributed by atoms with Crippen molar-refractivity contribution >= 4 is 17.5 Å². The fourth-order valence-electron chi connectivity index (χ4n) is 4.75. The minimum Gasteiger partial charge on any atom is -0.497 e. The van der Waals surface area contributed by atoms with E-state index in [4.69, 9.17) is 4.74 Å². The van der Waals surface area contributed by atoms with Crippen LogP contribution in [0.2, 0.25) is 0 Å². The van der Waals surface area contributed by atoms with E-state index in [2.05, 4.69) is 0 Å². The number of fused-ring (bicyclic) bond motifs is 1. The van der Waals surface area contributed by atoms with Crippen molar-refractivity contribution in [3.63, 3.8) is 0 Å². The quantitative estimate of drug-likeness (QED) is 0.657. The summed E-state index contributed by atoms with van der Waals surface area (Å²) in [5.74, 6) is -0.310. The molecule has 1 aliphatic heterocycles. The van der Waals surface area contributed by atoms with E-state index in [1.165, 1.54) is 4.90 Å². The Bertz CT molecular complexity index is 981. The van der Waals surface area contributed by atoms with Crippen LogP contribution in [0.4, 0.5) is 5.69 Å². The predicted molar refractivity (Wildman–Crippen MR) is 106 cm³/mol. The molecule has 1 saturated heterocycles. The molecule has 138 valence electrons. The highest BCUT2D eigenvalue weighted by atomic mass is 16.5. The van der Waals surface area contributed by atoms with Gasteiger partial charge in [0.15, 0.2) is 0 Å². The Hall–Kier alpha value is -3.40. The molecular formula is C24H19NO3. The number of amides is 2. The van der Waals surface area contributed by atoms with Crippen LogP contribution >= 0.6 is 0 Å². The van der Waals surface area contributed by atoms with E-state index in [1.807, 2.05) is 60.7 Å². The molecule has 4 heteroatoms. The molecule has 2 fully saturated rings. The highest BCUT2D eigenvalue weighted by molar-refractivity contribution is 6.27. The number of carbonyl (C=O) groups excluding carboxylic acids is 2. The van der Waals surface area contributed by atoms with Crippen LogP contribution in [-0.4, -0.2) is 18.9 Å². The van der Waals surface area contributed by atoms with E-state index in [1.54, 1.807) is 31.4 Å². The summed E-state index contributed by atoms with van der Waals surface area (Å²) in [7, 11) is 1.59. The summed E-state index contributed by atoms with van der Waals surface area (Å²) in [6.45, 7) is 0. The lowest BCUT2D eigenvalue weighted by molar-refractivity contribution is -0.124. The van der Waals surface area contributed by atoms with Gasteiger partial charge < -0.3 is 4.74 Å². The SMILES string of the molecule is COc1ccc(N2C(=O)[C@@H]3[C@H](C2=O)C3(c2ccccc2)c2ccccc2)cc1. The van der Waals surface area contributed by atoms with E-state index in [0.717, 1.165) is 11.1 Å². The summed E-state index contributed by atoms with van der Waals surface area (Å²) >= 11 is 0. The number of methoxy groups -OCH3 is 1. The second-order valence-corrected chi connectivity index (χ2v) is 7.27. The average molecular weight is 369 g/mol. The van der Waals surface area contributed by atoms with Gasteiger partial charge in [0.1, 0.15) is 5.75 Å². The molecule has 1 aliphatic carbocycles. The van der Waals surface area contributed by atoms with E-state index >= 15 is 0 Å². The van der Waals surface area contributed by atoms with Crippen LogP contribution in [0.15, 0.2) is 84.9 Å². The smallest absolute Gasteiger partial charge is 0.239 e. The molecule has 3 aromatic rings. The lowest BCUT2D eigenvalue weighted by atomic mass is 9.83. The number of ether oxygens (including phenoxy) is 1. The number of nitrogens with zero attached hydrogens (tertiary/aromatic N) is 1. The second-order valence-electron chi connectivity index (χ2n) is 7.27. The largest absolute Gasteiger partial charge is 0.497 e. The van der Waals surface area contributed by atoms with Gasteiger partial charge in [0.05, 0.1) is 24.6 Å². The summed E-state index contributed by atoms with van der Waals surface area (Å²) in [6, 6.07) is 26.9. The van der Waals surface area contributed by atoms with Crippen LogP contribution < -0.4 is 9.64 Å². The Balaban J connectivity index is 1.58. The maximum atomic E-state index is 13.3. The van der Waals surface area contributed by atoms with Crippen LogP contribution in [0, 0.1) is 11.8 Å². The normalized spacial score (nSPS) is 22.1. The minimum absolute atomic E-state index is 0.132. The maximum Gasteiger partial charge on any atom is 0.239 e. The van der Waals surface area contributed by atoms with Crippen LogP contribution in [0.5, 0.6) is 5.75 Å². The van der Waals surface area contributed by atoms with Gasteiger partial charge in [-0.2, -0.15) is 0 Å². The standard InChI is InChI=1S/C24H19NO3/c1-28-19-14-12-18(13-15-19)25-22(26)20-21(23(25)27)24(20,16-8-4-2-5-9-16)17-10-6-3-7-11-17/h2-15,20-21H,1H3/t20-,21+. The van der Waals surface area contributed by atoms with E-state index in [-0.39, 0.29) is 23.7 Å². The van der Waals surface area contributed by atoms with Crippen LogP contribution in [0.25, 0.3) is 0 Å². The molecule has 0 spiro atoms. The van der Waals surface area contributed by atoms with Gasteiger partial charge in [0.2, 0.25) is 11.8 Å². The average Bonchev–Trinajstić information content (AvgIpc) is 3.39. The van der Waals surface area contributed by atoms with Gasteiger partial charge in [-0.3, -0.25) is 9.59 Å². The third-order valence-corrected chi connectivity index (χ3v) is 6.01. The zero-order chi connectivity index (χ0) is 19.3. The Morgan fingerprint density at radius 3 is 1.61 bits per heavy atom. The van der Waals surface area contributed by atoms with Gasteiger partial charge in [-0.25, -0.2) is 4.90 Å². The van der Waals surface area contributed by atoms with Crippen molar-refractivity contribution in [3.8, 4) is 5.75 Å². The van der Waals surface area contributed by atoms with Gasteiger partial charge in [-0.15, -0.1) is 0 Å². The Labute approximate surface area is 163 Å². The highest BCUT2D eigenvalue weighted by Gasteiger charge is 2.78. The zero-order valence-electron chi connectivity index (χ0n) is 15.4. The molecule has 0 aromatic heterocycles. The summed E-state index contributed by atoms with van der Waals surface area (Å²) in [5, 5.41) is 0. The van der Waals surface area contributed by atoms with E-state index in [0.29, 0.717) is 11.4 Å². The molecule has 0 radical (unpaired) electrons. The molecule has 3 aromatic carbocycles. The number of hydrogen-bond donors (Lipinski definition) is 0. The number of imide groups is 1. The zero-order valence-corrected chi connectivity index (χ0v) is 15.4. The summed E-state index contributed by atoms with van der Waals surface area (Å²) in [5.41, 5.74) is 2.07. The number of benzene rings is 3. The summed E-state index contributed by atoms with van der Waals surface area (Å²) < 4.78 is 5.18. The summed E-state index contributed by atoms with van der Waals surface area (Å²) in [6.07, 6.45) is 0. The fraction of sp³-hybridized carbons (Fsp3) is 0.167. The topological polar surface area (TPSA) is 46.6 Å². The number of piperidine rings is 1. The third kappa shape index (κ3) is 2.12. The third-order valence-electron chi connectivity index (χ3n) is 6.01. The monoisotopic (exact) mass is 369 g/mol. The van der Waals surface area contributed by atoms with Crippen molar-refractivity contribution in [2.24, 2.45) is 11.8 Å². The maximum absolute atomic E-state index is 13.3. The van der Waals surface area contributed by atoms with Crippen molar-refractivity contribution < 1.29 is 14.3 Å². The van der Waals surface area contributed by atoms with Crippen LogP contribution in [0.3, 0.4) is 0 Å². The number of rotatable bonds is 4. The number of hydrogen-bond acceptors (Lipinski definition) is 3. The van der Waals surface area contributed by atoms with E-state index in [9.17, 15) is 9.59 Å². The van der Waals surface area contributed by atoms with Crippen molar-refractivity contribution in [1.29, 1.82) is 0 Å².